The van der Waals surface area contributed by atoms with Crippen LogP contribution in [-0.2, 0) is 0 Å². The molecule has 0 aliphatic heterocycles. The van der Waals surface area contributed by atoms with Crippen LogP contribution in [0.1, 0.15) is 0 Å². The normalized spacial score (nSPS) is 10.8. The van der Waals surface area contributed by atoms with Crippen LogP contribution in [-0.4, -0.2) is 9.97 Å². The second-order valence-corrected chi connectivity index (χ2v) is 6.21. The third kappa shape index (κ3) is 2.93. The highest BCUT2D eigenvalue weighted by molar-refractivity contribution is 9.11. The Morgan fingerprint density at radius 2 is 1.95 bits per heavy atom. The molecule has 0 fully saturated rings. The maximum absolute atomic E-state index is 12.1. The van der Waals surface area contributed by atoms with Crippen LogP contribution >= 0.6 is 31.9 Å². The van der Waals surface area contributed by atoms with Gasteiger partial charge in [0.25, 0.3) is 5.56 Å². The molecule has 0 atom stereocenters. The van der Waals surface area contributed by atoms with E-state index in [0.29, 0.717) is 22.5 Å². The summed E-state index contributed by atoms with van der Waals surface area (Å²) in [5.41, 5.74) is 7.36. The van der Waals surface area contributed by atoms with Gasteiger partial charge in [0.15, 0.2) is 0 Å². The monoisotopic (exact) mass is 408 g/mol. The number of fused-ring (bicyclic) bond motifs is 1. The Balaban J connectivity index is 2.07. The first-order valence-electron chi connectivity index (χ1n) is 6.04. The largest absolute Gasteiger partial charge is 0.399 e. The molecule has 106 valence electrons. The molecule has 0 unspecified atom stereocenters. The first-order chi connectivity index (χ1) is 10.0. The third-order valence-electron chi connectivity index (χ3n) is 2.91. The van der Waals surface area contributed by atoms with E-state index in [1.165, 1.54) is 0 Å². The van der Waals surface area contributed by atoms with Gasteiger partial charge in [-0.15, -0.1) is 0 Å². The number of rotatable bonds is 2. The molecule has 0 bridgehead atoms. The number of hydrogen-bond donors (Lipinski definition) is 3. The van der Waals surface area contributed by atoms with E-state index in [1.807, 2.05) is 18.2 Å². The lowest BCUT2D eigenvalue weighted by molar-refractivity contribution is 1.17. The Morgan fingerprint density at radius 3 is 2.76 bits per heavy atom. The molecule has 1 heterocycles. The molecular formula is C14H10Br2N4O. The second-order valence-electron chi connectivity index (χ2n) is 4.44. The summed E-state index contributed by atoms with van der Waals surface area (Å²) in [5, 5.41) is 3.55. The summed E-state index contributed by atoms with van der Waals surface area (Å²) in [6.45, 7) is 0. The predicted octanol–water partition coefficient (Wildman–Crippen LogP) is 3.77. The predicted molar refractivity (Wildman–Crippen MR) is 91.9 cm³/mol. The van der Waals surface area contributed by atoms with Crippen LogP contribution in [0, 0.1) is 0 Å². The molecule has 0 amide bonds. The van der Waals surface area contributed by atoms with Crippen molar-refractivity contribution in [2.45, 2.75) is 0 Å². The van der Waals surface area contributed by atoms with Crippen molar-refractivity contribution in [1.29, 1.82) is 0 Å². The number of nitrogens with one attached hydrogen (secondary N) is 2. The van der Waals surface area contributed by atoms with Crippen LogP contribution in [0.2, 0.25) is 0 Å². The van der Waals surface area contributed by atoms with Gasteiger partial charge in [-0.1, -0.05) is 15.9 Å². The number of hydrogen-bond acceptors (Lipinski definition) is 4. The molecule has 3 rings (SSSR count). The van der Waals surface area contributed by atoms with Crippen molar-refractivity contribution < 1.29 is 0 Å². The zero-order chi connectivity index (χ0) is 15.0. The molecule has 3 aromatic rings. The van der Waals surface area contributed by atoms with Gasteiger partial charge in [0.05, 0.1) is 16.6 Å². The number of H-pyrrole nitrogens is 1. The van der Waals surface area contributed by atoms with E-state index in [0.717, 1.165) is 14.6 Å². The number of nitrogens with two attached hydrogens (primary N) is 1. The highest BCUT2D eigenvalue weighted by Gasteiger charge is 2.07. The van der Waals surface area contributed by atoms with E-state index in [4.69, 9.17) is 5.73 Å². The minimum atomic E-state index is -0.235. The zero-order valence-electron chi connectivity index (χ0n) is 10.7. The Labute approximate surface area is 136 Å². The number of nitrogen functional groups attached to an aromatic ring is 1. The van der Waals surface area contributed by atoms with Crippen molar-refractivity contribution in [3.8, 4) is 0 Å². The Hall–Kier alpha value is -1.86. The summed E-state index contributed by atoms with van der Waals surface area (Å²) in [6, 6.07) is 10.7. The van der Waals surface area contributed by atoms with Gasteiger partial charge in [0, 0.05) is 14.6 Å². The third-order valence-corrected chi connectivity index (χ3v) is 4.10. The summed E-state index contributed by atoms with van der Waals surface area (Å²) in [7, 11) is 0. The van der Waals surface area contributed by atoms with Crippen LogP contribution in [0.3, 0.4) is 0 Å². The molecule has 4 N–H and O–H groups in total. The Morgan fingerprint density at radius 1 is 1.14 bits per heavy atom. The maximum Gasteiger partial charge on any atom is 0.260 e. The van der Waals surface area contributed by atoms with Gasteiger partial charge >= 0.3 is 0 Å². The topological polar surface area (TPSA) is 83.8 Å². The average Bonchev–Trinajstić information content (AvgIpc) is 2.44. The van der Waals surface area contributed by atoms with Crippen LogP contribution in [0.5, 0.6) is 0 Å². The van der Waals surface area contributed by atoms with Crippen molar-refractivity contribution in [1.82, 2.24) is 9.97 Å². The van der Waals surface area contributed by atoms with Gasteiger partial charge in [0.2, 0.25) is 5.95 Å². The molecule has 0 saturated heterocycles. The van der Waals surface area contributed by atoms with Crippen molar-refractivity contribution in [2.24, 2.45) is 0 Å². The Bertz CT molecular complexity index is 892. The molecule has 2 aromatic carbocycles. The van der Waals surface area contributed by atoms with Gasteiger partial charge in [-0.25, -0.2) is 4.98 Å². The quantitative estimate of drug-likeness (QED) is 0.562. The van der Waals surface area contributed by atoms with Crippen LogP contribution in [0.4, 0.5) is 17.3 Å². The van der Waals surface area contributed by atoms with Gasteiger partial charge < -0.3 is 11.1 Å². The number of aromatic nitrogens is 2. The average molecular weight is 410 g/mol. The summed E-state index contributed by atoms with van der Waals surface area (Å²) >= 11 is 6.85. The van der Waals surface area contributed by atoms with E-state index >= 15 is 0 Å². The van der Waals surface area contributed by atoms with Crippen molar-refractivity contribution in [3.63, 3.8) is 0 Å². The number of halogens is 2. The molecule has 0 spiro atoms. The molecule has 0 radical (unpaired) electrons. The van der Waals surface area contributed by atoms with E-state index in [9.17, 15) is 4.79 Å². The molecule has 21 heavy (non-hydrogen) atoms. The standard InChI is InChI=1S/C14H10Br2N4O/c15-7-1-3-10(16)12(5-7)19-14-18-11-4-2-8(17)6-9(11)13(21)20-14/h1-6H,17H2,(H2,18,19,20,21). The fourth-order valence-corrected chi connectivity index (χ4v) is 2.64. The SMILES string of the molecule is Nc1ccc2nc(Nc3cc(Br)ccc3Br)[nH]c(=O)c2c1. The van der Waals surface area contributed by atoms with E-state index in [-0.39, 0.29) is 5.56 Å². The molecule has 1 aromatic heterocycles. The lowest BCUT2D eigenvalue weighted by Crippen LogP contribution is -2.11. The first kappa shape index (κ1) is 14.1. The number of aromatic amines is 1. The minimum absolute atomic E-state index is 0.235. The second kappa shape index (κ2) is 5.50. The Kier molecular flexibility index (Phi) is 3.69. The number of benzene rings is 2. The molecular weight excluding hydrogens is 400 g/mol. The summed E-state index contributed by atoms with van der Waals surface area (Å²) < 4.78 is 1.79. The van der Waals surface area contributed by atoms with Gasteiger partial charge in [-0.2, -0.15) is 0 Å². The minimum Gasteiger partial charge on any atom is -0.399 e. The molecule has 0 saturated carbocycles. The van der Waals surface area contributed by atoms with Gasteiger partial charge in [-0.05, 0) is 52.3 Å². The van der Waals surface area contributed by atoms with E-state index < -0.39 is 0 Å². The molecule has 0 aliphatic carbocycles. The molecule has 5 nitrogen and oxygen atoms in total. The number of anilines is 3. The smallest absolute Gasteiger partial charge is 0.260 e. The maximum atomic E-state index is 12.1. The fourth-order valence-electron chi connectivity index (χ4n) is 1.94. The summed E-state index contributed by atoms with van der Waals surface area (Å²) in [6.07, 6.45) is 0. The van der Waals surface area contributed by atoms with Crippen molar-refractivity contribution >= 4 is 60.1 Å². The fraction of sp³-hybridized carbons (Fsp3) is 0. The number of nitrogens with zero attached hydrogens (tertiary/aromatic N) is 1. The van der Waals surface area contributed by atoms with Crippen LogP contribution in [0.25, 0.3) is 10.9 Å². The van der Waals surface area contributed by atoms with Gasteiger partial charge in [0.1, 0.15) is 0 Å². The van der Waals surface area contributed by atoms with E-state index in [1.54, 1.807) is 18.2 Å². The first-order valence-corrected chi connectivity index (χ1v) is 7.63. The lowest BCUT2D eigenvalue weighted by Gasteiger charge is -2.09. The molecule has 7 heteroatoms. The van der Waals surface area contributed by atoms with Gasteiger partial charge in [-0.3, -0.25) is 9.78 Å². The summed E-state index contributed by atoms with van der Waals surface area (Å²) in [5.74, 6) is 0.371. The van der Waals surface area contributed by atoms with E-state index in [2.05, 4.69) is 47.1 Å². The summed E-state index contributed by atoms with van der Waals surface area (Å²) in [4.78, 5) is 19.2. The highest BCUT2D eigenvalue weighted by Crippen LogP contribution is 2.28. The zero-order valence-corrected chi connectivity index (χ0v) is 13.8. The van der Waals surface area contributed by atoms with Crippen LogP contribution < -0.4 is 16.6 Å². The molecule has 0 aliphatic rings. The van der Waals surface area contributed by atoms with Crippen molar-refractivity contribution in [3.05, 3.63) is 55.7 Å². The lowest BCUT2D eigenvalue weighted by atomic mass is 10.2. The van der Waals surface area contributed by atoms with Crippen molar-refractivity contribution in [2.75, 3.05) is 11.1 Å². The van der Waals surface area contributed by atoms with Crippen LogP contribution in [0.15, 0.2) is 50.1 Å². The highest BCUT2D eigenvalue weighted by atomic mass is 79.9.